The van der Waals surface area contributed by atoms with Gasteiger partial charge in [-0.2, -0.15) is 18.3 Å². The van der Waals surface area contributed by atoms with Gasteiger partial charge in [-0.05, 0) is 82.2 Å². The zero-order chi connectivity index (χ0) is 23.6. The first-order chi connectivity index (χ1) is 15.0. The highest BCUT2D eigenvalue weighted by atomic mass is 32.1. The quantitative estimate of drug-likeness (QED) is 0.350. The van der Waals surface area contributed by atoms with Crippen molar-refractivity contribution in [2.24, 2.45) is 0 Å². The Balaban J connectivity index is 1.87. The lowest BCUT2D eigenvalue weighted by Gasteiger charge is -2.19. The molecule has 10 heteroatoms. The minimum absolute atomic E-state index is 0.0665. The van der Waals surface area contributed by atoms with Crippen molar-refractivity contribution in [1.82, 2.24) is 24.1 Å². The van der Waals surface area contributed by atoms with Crippen molar-refractivity contribution in [2.75, 3.05) is 21.1 Å². The summed E-state index contributed by atoms with van der Waals surface area (Å²) in [7, 11) is 5.70. The fourth-order valence-corrected chi connectivity index (χ4v) is 3.54. The van der Waals surface area contributed by atoms with Crippen molar-refractivity contribution in [1.29, 1.82) is 0 Å². The van der Waals surface area contributed by atoms with Crippen LogP contribution in [-0.4, -0.2) is 45.3 Å². The topological polar surface area (TPSA) is 29.2 Å². The third-order valence-electron chi connectivity index (χ3n) is 5.21. The lowest BCUT2D eigenvalue weighted by molar-refractivity contribution is -0.137. The van der Waals surface area contributed by atoms with E-state index in [9.17, 15) is 17.6 Å². The minimum Gasteiger partial charge on any atom is -0.300 e. The van der Waals surface area contributed by atoms with Gasteiger partial charge in [0.25, 0.3) is 0 Å². The van der Waals surface area contributed by atoms with Crippen LogP contribution in [0.1, 0.15) is 29.9 Å². The summed E-state index contributed by atoms with van der Waals surface area (Å²) in [5, 5.41) is 4.71. The Bertz CT molecular complexity index is 1100. The molecule has 0 bridgehead atoms. The molecule has 3 aromatic rings. The predicted octanol–water partition coefficient (Wildman–Crippen LogP) is 5.27. The van der Waals surface area contributed by atoms with Gasteiger partial charge in [-0.15, -0.1) is 0 Å². The van der Waals surface area contributed by atoms with Crippen molar-refractivity contribution in [3.8, 4) is 5.69 Å². The maximum absolute atomic E-state index is 13.4. The summed E-state index contributed by atoms with van der Waals surface area (Å²) in [6.45, 7) is 2.75. The molecule has 0 N–H and O–H groups in total. The monoisotopic (exact) mass is 467 g/mol. The van der Waals surface area contributed by atoms with E-state index in [1.165, 1.54) is 24.3 Å². The van der Waals surface area contributed by atoms with Crippen LogP contribution < -0.4 is 0 Å². The number of hydrogen-bond donors (Lipinski definition) is 0. The average Bonchev–Trinajstić information content (AvgIpc) is 3.03. The fourth-order valence-electron chi connectivity index (χ4n) is 3.24. The van der Waals surface area contributed by atoms with Gasteiger partial charge in [0.2, 0.25) is 4.77 Å². The number of rotatable bonds is 7. The molecule has 0 unspecified atom stereocenters. The molecule has 0 fully saturated rings. The third-order valence-corrected chi connectivity index (χ3v) is 5.60. The number of nitrogens with zero attached hydrogens (tertiary/aromatic N) is 5. The van der Waals surface area contributed by atoms with Crippen molar-refractivity contribution in [3.05, 3.63) is 76.1 Å². The van der Waals surface area contributed by atoms with Gasteiger partial charge >= 0.3 is 6.18 Å². The third kappa shape index (κ3) is 5.43. The molecule has 0 aliphatic carbocycles. The number of alkyl halides is 3. The second kappa shape index (κ2) is 9.51. The number of hydrogen-bond acceptors (Lipinski definition) is 4. The van der Waals surface area contributed by atoms with E-state index < -0.39 is 11.7 Å². The van der Waals surface area contributed by atoms with Crippen molar-refractivity contribution >= 4 is 12.2 Å². The minimum atomic E-state index is -4.36. The highest BCUT2D eigenvalue weighted by molar-refractivity contribution is 7.71. The zero-order valence-corrected chi connectivity index (χ0v) is 19.1. The van der Waals surface area contributed by atoms with Crippen LogP contribution in [0.2, 0.25) is 0 Å². The Hall–Kier alpha value is -2.56. The maximum Gasteiger partial charge on any atom is 0.416 e. The molecule has 172 valence electrons. The summed E-state index contributed by atoms with van der Waals surface area (Å²) in [5.74, 6) is 0.362. The van der Waals surface area contributed by atoms with E-state index in [0.717, 1.165) is 17.7 Å². The second-order valence-corrected chi connectivity index (χ2v) is 8.31. The van der Waals surface area contributed by atoms with Gasteiger partial charge < -0.3 is 0 Å². The van der Waals surface area contributed by atoms with Crippen LogP contribution in [0.5, 0.6) is 0 Å². The number of halogens is 4. The summed E-state index contributed by atoms with van der Waals surface area (Å²) in [6, 6.07) is 11.1. The van der Waals surface area contributed by atoms with E-state index in [0.29, 0.717) is 29.5 Å². The lowest BCUT2D eigenvalue weighted by Crippen LogP contribution is -2.23. The molecule has 0 radical (unpaired) electrons. The Morgan fingerprint density at radius 1 is 1.00 bits per heavy atom. The van der Waals surface area contributed by atoms with Gasteiger partial charge in [-0.25, -0.2) is 9.07 Å². The summed E-state index contributed by atoms with van der Waals surface area (Å²) < 4.78 is 55.7. The summed E-state index contributed by atoms with van der Waals surface area (Å²) in [4.78, 5) is 3.90. The Morgan fingerprint density at radius 3 is 2.12 bits per heavy atom. The maximum atomic E-state index is 13.4. The molecule has 0 saturated carbocycles. The predicted molar refractivity (Wildman–Crippen MR) is 117 cm³/mol. The Morgan fingerprint density at radius 2 is 1.59 bits per heavy atom. The number of benzene rings is 2. The largest absolute Gasteiger partial charge is 0.416 e. The second-order valence-electron chi connectivity index (χ2n) is 7.94. The van der Waals surface area contributed by atoms with E-state index in [4.69, 9.17) is 17.3 Å². The van der Waals surface area contributed by atoms with Crippen LogP contribution >= 0.6 is 12.2 Å². The van der Waals surface area contributed by atoms with Crippen LogP contribution in [0, 0.1) is 10.6 Å². The van der Waals surface area contributed by atoms with E-state index in [1.54, 1.807) is 16.8 Å². The molecule has 1 atom stereocenters. The Kier molecular flexibility index (Phi) is 7.16. The van der Waals surface area contributed by atoms with Gasteiger partial charge in [0, 0.05) is 12.2 Å². The molecule has 0 spiro atoms. The first-order valence-electron chi connectivity index (χ1n) is 9.94. The van der Waals surface area contributed by atoms with Gasteiger partial charge in [0.05, 0.1) is 18.3 Å². The Labute approximate surface area is 189 Å². The van der Waals surface area contributed by atoms with Crippen LogP contribution in [0.4, 0.5) is 17.6 Å². The standard InChI is InChI=1S/C22H25F4N5S/c1-15(28(2)3)20-27-30(21(32)31(20)19-11-9-18(23)10-12-19)14-29(4)13-16-5-7-17(8-6-16)22(24,25)26/h5-12,15H,13-14H2,1-4H3/t15-/m0/s1. The summed E-state index contributed by atoms with van der Waals surface area (Å²) in [6.07, 6.45) is -4.36. The van der Waals surface area contributed by atoms with E-state index in [2.05, 4.69) is 0 Å². The van der Waals surface area contributed by atoms with E-state index in [-0.39, 0.29) is 11.9 Å². The smallest absolute Gasteiger partial charge is 0.300 e. The summed E-state index contributed by atoms with van der Waals surface area (Å²) >= 11 is 5.67. The van der Waals surface area contributed by atoms with Gasteiger partial charge in [-0.1, -0.05) is 12.1 Å². The fraction of sp³-hybridized carbons (Fsp3) is 0.364. The lowest BCUT2D eigenvalue weighted by atomic mass is 10.1. The summed E-state index contributed by atoms with van der Waals surface area (Å²) in [5.41, 5.74) is 0.773. The molecule has 0 aliphatic rings. The molecule has 0 aliphatic heterocycles. The molecule has 1 heterocycles. The first kappa shape index (κ1) is 24.1. The van der Waals surface area contributed by atoms with Crippen molar-refractivity contribution in [2.45, 2.75) is 32.4 Å². The van der Waals surface area contributed by atoms with Crippen LogP contribution in [-0.2, 0) is 19.4 Å². The van der Waals surface area contributed by atoms with Crippen molar-refractivity contribution in [3.63, 3.8) is 0 Å². The van der Waals surface area contributed by atoms with Crippen LogP contribution in [0.25, 0.3) is 5.69 Å². The number of aromatic nitrogens is 3. The molecule has 0 amide bonds. The molecular weight excluding hydrogens is 442 g/mol. The molecule has 2 aromatic carbocycles. The molecule has 32 heavy (non-hydrogen) atoms. The van der Waals surface area contributed by atoms with Gasteiger partial charge in [0.1, 0.15) is 5.82 Å². The van der Waals surface area contributed by atoms with Crippen LogP contribution in [0.15, 0.2) is 48.5 Å². The van der Waals surface area contributed by atoms with Gasteiger partial charge in [-0.3, -0.25) is 14.4 Å². The molecule has 0 saturated heterocycles. The molecule has 3 rings (SSSR count). The zero-order valence-electron chi connectivity index (χ0n) is 18.3. The SMILES string of the molecule is C[C@@H](c1nn(CN(C)Cc2ccc(C(F)(F)F)cc2)c(=S)n1-c1ccc(F)cc1)N(C)C. The van der Waals surface area contributed by atoms with Gasteiger partial charge in [0.15, 0.2) is 5.82 Å². The van der Waals surface area contributed by atoms with E-state index in [1.807, 2.05) is 42.4 Å². The highest BCUT2D eigenvalue weighted by Crippen LogP contribution is 2.29. The molecule has 5 nitrogen and oxygen atoms in total. The van der Waals surface area contributed by atoms with E-state index >= 15 is 0 Å². The van der Waals surface area contributed by atoms with Crippen molar-refractivity contribution < 1.29 is 17.6 Å². The average molecular weight is 468 g/mol. The van der Waals surface area contributed by atoms with Crippen LogP contribution in [0.3, 0.4) is 0 Å². The molecular formula is C22H25F4N5S. The highest BCUT2D eigenvalue weighted by Gasteiger charge is 2.30. The first-order valence-corrected chi connectivity index (χ1v) is 10.3. The molecule has 1 aromatic heterocycles. The normalized spacial score (nSPS) is 13.2.